The summed E-state index contributed by atoms with van der Waals surface area (Å²) in [4.78, 5) is 11.1. The van der Waals surface area contributed by atoms with Crippen molar-refractivity contribution in [3.05, 3.63) is 0 Å². The van der Waals surface area contributed by atoms with Gasteiger partial charge >= 0.3 is 5.97 Å². The highest BCUT2D eigenvalue weighted by molar-refractivity contribution is 7.92. The fourth-order valence-electron chi connectivity index (χ4n) is 1.09. The van der Waals surface area contributed by atoms with E-state index in [1.807, 2.05) is 0 Å². The van der Waals surface area contributed by atoms with Gasteiger partial charge in [0.05, 0.1) is 12.7 Å². The van der Waals surface area contributed by atoms with Gasteiger partial charge in [0.2, 0.25) is 0 Å². The smallest absolute Gasteiger partial charge is 0.321 e. The molecule has 0 bridgehead atoms. The van der Waals surface area contributed by atoms with Gasteiger partial charge in [0.1, 0.15) is 11.5 Å². The van der Waals surface area contributed by atoms with Crippen LogP contribution in [0.2, 0.25) is 0 Å². The van der Waals surface area contributed by atoms with Crippen LogP contribution in [-0.2, 0) is 19.4 Å². The number of hydrogen-bond acceptors (Lipinski definition) is 5. The Labute approximate surface area is 96.3 Å². The number of carbonyl (C=O) groups excluding carboxylic acids is 1. The van der Waals surface area contributed by atoms with Crippen LogP contribution < -0.4 is 0 Å². The topological polar surface area (TPSA) is 84.2 Å². The minimum Gasteiger partial charge on any atom is -0.465 e. The van der Waals surface area contributed by atoms with Crippen molar-refractivity contribution in [1.29, 1.82) is 5.26 Å². The van der Waals surface area contributed by atoms with Gasteiger partial charge in [-0.3, -0.25) is 4.79 Å². The van der Waals surface area contributed by atoms with E-state index in [0.717, 1.165) is 25.7 Å². The summed E-state index contributed by atoms with van der Waals surface area (Å²) >= 11 is 0. The molecule has 0 saturated carbocycles. The molecule has 0 unspecified atom stereocenters. The SMILES string of the molecule is CCCCCCOC(=O)CS(=O)(=O)CC#N. The van der Waals surface area contributed by atoms with E-state index in [0.29, 0.717) is 0 Å². The second kappa shape index (κ2) is 8.11. The molecule has 0 amide bonds. The van der Waals surface area contributed by atoms with E-state index >= 15 is 0 Å². The molecule has 92 valence electrons. The molecule has 0 aliphatic heterocycles. The summed E-state index contributed by atoms with van der Waals surface area (Å²) in [6, 6.07) is 1.50. The first-order chi connectivity index (χ1) is 7.52. The lowest BCUT2D eigenvalue weighted by Gasteiger charge is -2.03. The fourth-order valence-corrected chi connectivity index (χ4v) is 1.83. The maximum absolute atomic E-state index is 11.1. The second-order valence-corrected chi connectivity index (χ2v) is 5.54. The molecule has 0 radical (unpaired) electrons. The van der Waals surface area contributed by atoms with Gasteiger partial charge in [-0.1, -0.05) is 26.2 Å². The number of carbonyl (C=O) groups is 1. The number of esters is 1. The molecule has 6 heteroatoms. The molecule has 0 N–H and O–H groups in total. The maximum atomic E-state index is 11.1. The summed E-state index contributed by atoms with van der Waals surface area (Å²) in [5, 5.41) is 8.21. The third-order valence-corrected chi connectivity index (χ3v) is 3.13. The van der Waals surface area contributed by atoms with Gasteiger partial charge < -0.3 is 4.74 Å². The molecular formula is C10H17NO4S. The van der Waals surface area contributed by atoms with Crippen LogP contribution in [0.1, 0.15) is 32.6 Å². The van der Waals surface area contributed by atoms with Crippen LogP contribution in [0, 0.1) is 11.3 Å². The number of nitriles is 1. The molecule has 5 nitrogen and oxygen atoms in total. The van der Waals surface area contributed by atoms with Crippen LogP contribution in [0.15, 0.2) is 0 Å². The first kappa shape index (κ1) is 14.9. The summed E-state index contributed by atoms with van der Waals surface area (Å²) in [5.41, 5.74) is 0. The molecule has 0 rings (SSSR count). The van der Waals surface area contributed by atoms with E-state index < -0.39 is 27.3 Å². The standard InChI is InChI=1S/C10H17NO4S/c1-2-3-4-5-7-15-10(12)9-16(13,14)8-6-11/h2-5,7-9H2,1H3. The van der Waals surface area contributed by atoms with Gasteiger partial charge in [0, 0.05) is 0 Å². The average molecular weight is 247 g/mol. The predicted octanol–water partition coefficient (Wildman–Crippen LogP) is 1.05. The first-order valence-corrected chi connectivity index (χ1v) is 7.07. The highest BCUT2D eigenvalue weighted by Crippen LogP contribution is 1.99. The Kier molecular flexibility index (Phi) is 7.56. The Morgan fingerprint density at radius 3 is 2.56 bits per heavy atom. The zero-order valence-electron chi connectivity index (χ0n) is 9.44. The van der Waals surface area contributed by atoms with Crippen molar-refractivity contribution in [2.75, 3.05) is 18.1 Å². The summed E-state index contributed by atoms with van der Waals surface area (Å²) < 4.78 is 26.8. The molecule has 0 aromatic rings. The predicted molar refractivity (Wildman–Crippen MR) is 59.4 cm³/mol. The van der Waals surface area contributed by atoms with Gasteiger partial charge in [-0.25, -0.2) is 8.42 Å². The number of rotatable bonds is 8. The van der Waals surface area contributed by atoms with Crippen LogP contribution in [0.3, 0.4) is 0 Å². The van der Waals surface area contributed by atoms with Crippen molar-refractivity contribution in [2.45, 2.75) is 32.6 Å². The molecule has 0 spiro atoms. The third kappa shape index (κ3) is 8.24. The van der Waals surface area contributed by atoms with Crippen LogP contribution in [0.4, 0.5) is 0 Å². The molecule has 0 aromatic heterocycles. The molecule has 0 aromatic carbocycles. The number of hydrogen-bond donors (Lipinski definition) is 0. The normalized spacial score (nSPS) is 10.8. The van der Waals surface area contributed by atoms with E-state index in [1.165, 1.54) is 6.07 Å². The molecular weight excluding hydrogens is 230 g/mol. The molecule has 0 heterocycles. The molecule has 0 saturated heterocycles. The van der Waals surface area contributed by atoms with E-state index in [4.69, 9.17) is 10.00 Å². The molecule has 0 fully saturated rings. The lowest BCUT2D eigenvalue weighted by molar-refractivity contribution is -0.140. The lowest BCUT2D eigenvalue weighted by atomic mass is 10.2. The van der Waals surface area contributed by atoms with Crippen LogP contribution in [-0.4, -0.2) is 32.5 Å². The average Bonchev–Trinajstić information content (AvgIpc) is 2.16. The molecule has 16 heavy (non-hydrogen) atoms. The quantitative estimate of drug-likeness (QED) is 0.473. The fraction of sp³-hybridized carbons (Fsp3) is 0.800. The van der Waals surface area contributed by atoms with E-state index in [1.54, 1.807) is 0 Å². The first-order valence-electron chi connectivity index (χ1n) is 5.25. The molecule has 0 aliphatic rings. The Morgan fingerprint density at radius 1 is 1.31 bits per heavy atom. The molecule has 0 atom stereocenters. The summed E-state index contributed by atoms with van der Waals surface area (Å²) in [5.74, 6) is -2.11. The van der Waals surface area contributed by atoms with Gasteiger partial charge in [0.15, 0.2) is 9.84 Å². The Bertz CT molecular complexity index is 342. The Balaban J connectivity index is 3.72. The minimum absolute atomic E-state index is 0.251. The van der Waals surface area contributed by atoms with Crippen LogP contribution in [0.5, 0.6) is 0 Å². The zero-order chi connectivity index (χ0) is 12.4. The van der Waals surface area contributed by atoms with Gasteiger partial charge in [-0.05, 0) is 6.42 Å². The van der Waals surface area contributed by atoms with Crippen molar-refractivity contribution < 1.29 is 17.9 Å². The largest absolute Gasteiger partial charge is 0.465 e. The van der Waals surface area contributed by atoms with Crippen molar-refractivity contribution >= 4 is 15.8 Å². The van der Waals surface area contributed by atoms with Gasteiger partial charge in [-0.2, -0.15) is 5.26 Å². The minimum atomic E-state index is -3.61. The summed E-state index contributed by atoms with van der Waals surface area (Å²) in [6.07, 6.45) is 3.88. The van der Waals surface area contributed by atoms with Crippen LogP contribution >= 0.6 is 0 Å². The highest BCUT2D eigenvalue weighted by Gasteiger charge is 2.17. The zero-order valence-corrected chi connectivity index (χ0v) is 10.3. The van der Waals surface area contributed by atoms with Crippen LogP contribution in [0.25, 0.3) is 0 Å². The second-order valence-electron chi connectivity index (χ2n) is 3.47. The number of sulfone groups is 1. The number of nitrogens with zero attached hydrogens (tertiary/aromatic N) is 1. The lowest BCUT2D eigenvalue weighted by Crippen LogP contribution is -2.20. The van der Waals surface area contributed by atoms with Crippen molar-refractivity contribution in [2.24, 2.45) is 0 Å². The van der Waals surface area contributed by atoms with Crippen molar-refractivity contribution in [3.63, 3.8) is 0 Å². The highest BCUT2D eigenvalue weighted by atomic mass is 32.2. The Morgan fingerprint density at radius 2 is 2.00 bits per heavy atom. The number of unbranched alkanes of at least 4 members (excludes halogenated alkanes) is 3. The van der Waals surface area contributed by atoms with E-state index in [-0.39, 0.29) is 6.61 Å². The summed E-state index contributed by atoms with van der Waals surface area (Å²) in [7, 11) is -3.61. The van der Waals surface area contributed by atoms with E-state index in [9.17, 15) is 13.2 Å². The monoisotopic (exact) mass is 247 g/mol. The van der Waals surface area contributed by atoms with E-state index in [2.05, 4.69) is 6.92 Å². The van der Waals surface area contributed by atoms with Crippen molar-refractivity contribution in [3.8, 4) is 6.07 Å². The maximum Gasteiger partial charge on any atom is 0.321 e. The van der Waals surface area contributed by atoms with Crippen molar-refractivity contribution in [1.82, 2.24) is 0 Å². The third-order valence-electron chi connectivity index (χ3n) is 1.88. The number of ether oxygens (including phenoxy) is 1. The molecule has 0 aliphatic carbocycles. The van der Waals surface area contributed by atoms with Gasteiger partial charge in [-0.15, -0.1) is 0 Å². The Hall–Kier alpha value is -1.09. The summed E-state index contributed by atoms with van der Waals surface area (Å²) in [6.45, 7) is 2.32. The van der Waals surface area contributed by atoms with Gasteiger partial charge in [0.25, 0.3) is 0 Å².